The van der Waals surface area contributed by atoms with Gasteiger partial charge in [-0.1, -0.05) is 29.8 Å². The van der Waals surface area contributed by atoms with Crippen LogP contribution in [0.2, 0.25) is 0 Å². The number of hydrogen-bond donors (Lipinski definition) is 1. The van der Waals surface area contributed by atoms with Gasteiger partial charge in [0.15, 0.2) is 5.78 Å². The Kier molecular flexibility index (Phi) is 5.77. The van der Waals surface area contributed by atoms with Crippen LogP contribution in [0.4, 0.5) is 0 Å². The Bertz CT molecular complexity index is 704. The van der Waals surface area contributed by atoms with Crippen LogP contribution in [0.15, 0.2) is 28.7 Å². The number of hydrogen-bond acceptors (Lipinski definition) is 4. The highest BCUT2D eigenvalue weighted by Crippen LogP contribution is 2.28. The first kappa shape index (κ1) is 19.0. The molecule has 0 aliphatic carbocycles. The van der Waals surface area contributed by atoms with E-state index in [-0.39, 0.29) is 36.2 Å². The fraction of sp³-hybridized carbons (Fsp3) is 0.526. The van der Waals surface area contributed by atoms with Crippen molar-refractivity contribution in [3.05, 3.63) is 34.3 Å². The number of likely N-dealkylation sites (tertiary alicyclic amines) is 1. The Morgan fingerprint density at radius 3 is 2.65 bits per heavy atom. The maximum atomic E-state index is 13.1. The van der Waals surface area contributed by atoms with E-state index in [1.54, 1.807) is 29.2 Å². The summed E-state index contributed by atoms with van der Waals surface area (Å²) in [5.74, 6) is -0.316. The Morgan fingerprint density at radius 2 is 2.00 bits per heavy atom. The van der Waals surface area contributed by atoms with Crippen LogP contribution in [0.25, 0.3) is 0 Å². The molecule has 2 aliphatic rings. The Hall–Kier alpha value is -1.73. The minimum Gasteiger partial charge on any atom is -0.368 e. The number of carbonyl (C=O) groups excluding carboxylic acids is 3. The Morgan fingerprint density at radius 1 is 1.31 bits per heavy atom. The second-order valence-electron chi connectivity index (χ2n) is 7.24. The van der Waals surface area contributed by atoms with E-state index in [1.807, 2.05) is 13.8 Å². The first-order valence-corrected chi connectivity index (χ1v) is 9.67. The topological polar surface area (TPSA) is 75.7 Å². The van der Waals surface area contributed by atoms with Crippen LogP contribution in [-0.2, 0) is 14.3 Å². The van der Waals surface area contributed by atoms with Crippen molar-refractivity contribution in [1.29, 1.82) is 0 Å². The summed E-state index contributed by atoms with van der Waals surface area (Å²) in [7, 11) is 0. The van der Waals surface area contributed by atoms with Crippen molar-refractivity contribution in [3.63, 3.8) is 0 Å². The van der Waals surface area contributed by atoms with Crippen molar-refractivity contribution in [3.8, 4) is 0 Å². The molecule has 2 saturated heterocycles. The molecule has 2 heterocycles. The summed E-state index contributed by atoms with van der Waals surface area (Å²) in [5, 5.41) is 2.86. The number of benzene rings is 1. The molecule has 2 aliphatic heterocycles. The van der Waals surface area contributed by atoms with Crippen LogP contribution in [-0.4, -0.2) is 53.8 Å². The normalized spacial score (nSPS) is 23.2. The molecule has 0 radical (unpaired) electrons. The van der Waals surface area contributed by atoms with E-state index in [9.17, 15) is 14.4 Å². The van der Waals surface area contributed by atoms with Gasteiger partial charge in [0.25, 0.3) is 5.91 Å². The average Bonchev–Trinajstić information content (AvgIpc) is 3.17. The first-order chi connectivity index (χ1) is 12.4. The zero-order valence-electron chi connectivity index (χ0n) is 14.9. The van der Waals surface area contributed by atoms with Gasteiger partial charge in [-0.25, -0.2) is 0 Å². The van der Waals surface area contributed by atoms with Crippen LogP contribution in [0.1, 0.15) is 37.0 Å². The zero-order chi connectivity index (χ0) is 18.8. The third-order valence-electron chi connectivity index (χ3n) is 4.81. The molecule has 3 atom stereocenters. The van der Waals surface area contributed by atoms with Crippen LogP contribution in [0.3, 0.4) is 0 Å². The molecule has 7 heteroatoms. The van der Waals surface area contributed by atoms with Crippen molar-refractivity contribution in [2.24, 2.45) is 5.92 Å². The third kappa shape index (κ3) is 3.99. The molecule has 6 nitrogen and oxygen atoms in total. The molecule has 0 aromatic heterocycles. The van der Waals surface area contributed by atoms with Gasteiger partial charge in [0.2, 0.25) is 5.91 Å². The summed E-state index contributed by atoms with van der Waals surface area (Å²) >= 11 is 3.34. The minimum atomic E-state index is -0.654. The van der Waals surface area contributed by atoms with Crippen LogP contribution < -0.4 is 5.32 Å². The molecule has 1 aromatic carbocycles. The smallest absolute Gasteiger partial charge is 0.251 e. The van der Waals surface area contributed by atoms with E-state index in [0.717, 1.165) is 4.47 Å². The summed E-state index contributed by atoms with van der Waals surface area (Å²) in [6.45, 7) is 4.56. The lowest BCUT2D eigenvalue weighted by Gasteiger charge is -2.28. The van der Waals surface area contributed by atoms with Crippen molar-refractivity contribution in [2.45, 2.75) is 44.9 Å². The van der Waals surface area contributed by atoms with E-state index < -0.39 is 12.1 Å². The lowest BCUT2D eigenvalue weighted by Crippen LogP contribution is -2.52. The fourth-order valence-corrected chi connectivity index (χ4v) is 3.84. The van der Waals surface area contributed by atoms with Gasteiger partial charge < -0.3 is 15.0 Å². The average molecular weight is 423 g/mol. The Labute approximate surface area is 161 Å². The maximum absolute atomic E-state index is 13.1. The van der Waals surface area contributed by atoms with Gasteiger partial charge in [0.1, 0.15) is 18.7 Å². The highest BCUT2D eigenvalue weighted by atomic mass is 79.9. The highest BCUT2D eigenvalue weighted by Gasteiger charge is 2.48. The molecule has 3 rings (SSSR count). The number of rotatable bonds is 5. The second-order valence-corrected chi connectivity index (χ2v) is 8.16. The van der Waals surface area contributed by atoms with E-state index in [1.165, 1.54) is 0 Å². The van der Waals surface area contributed by atoms with Gasteiger partial charge >= 0.3 is 0 Å². The molecule has 2 fully saturated rings. The summed E-state index contributed by atoms with van der Waals surface area (Å²) in [6, 6.07) is 5.83. The lowest BCUT2D eigenvalue weighted by molar-refractivity contribution is -0.138. The highest BCUT2D eigenvalue weighted by molar-refractivity contribution is 9.10. The van der Waals surface area contributed by atoms with Gasteiger partial charge in [-0.2, -0.15) is 0 Å². The van der Waals surface area contributed by atoms with Gasteiger partial charge in [-0.05, 0) is 43.0 Å². The molecule has 0 bridgehead atoms. The molecule has 1 N–H and O–H groups in total. The quantitative estimate of drug-likeness (QED) is 0.788. The van der Waals surface area contributed by atoms with Crippen LogP contribution in [0, 0.1) is 5.92 Å². The van der Waals surface area contributed by atoms with Gasteiger partial charge in [0, 0.05) is 16.6 Å². The van der Waals surface area contributed by atoms with Crippen molar-refractivity contribution < 1.29 is 19.1 Å². The fourth-order valence-electron chi connectivity index (χ4n) is 3.58. The van der Waals surface area contributed by atoms with Crippen molar-refractivity contribution in [1.82, 2.24) is 10.2 Å². The number of nitrogens with zero attached hydrogens (tertiary/aromatic N) is 1. The summed E-state index contributed by atoms with van der Waals surface area (Å²) in [5.41, 5.74) is 0.495. The molecule has 140 valence electrons. The van der Waals surface area contributed by atoms with Gasteiger partial charge in [-0.15, -0.1) is 0 Å². The van der Waals surface area contributed by atoms with E-state index in [0.29, 0.717) is 24.9 Å². The minimum absolute atomic E-state index is 0.0524. The largest absolute Gasteiger partial charge is 0.368 e. The predicted octanol–water partition coefficient (Wildman–Crippen LogP) is 2.16. The number of nitrogens with one attached hydrogen (secondary N) is 1. The molecule has 1 aromatic rings. The number of carbonyl (C=O) groups is 3. The third-order valence-corrected chi connectivity index (χ3v) is 5.34. The van der Waals surface area contributed by atoms with E-state index >= 15 is 0 Å². The molecule has 2 amide bonds. The number of Topliss-reactive ketones (excluding diaryl/α,β-unsaturated/α-hetero) is 1. The van der Waals surface area contributed by atoms with Crippen LogP contribution >= 0.6 is 15.9 Å². The standard InChI is InChI=1S/C19H23BrN2O4/c1-11(2)9-14(21-18(24)12-3-5-13(20)6-4-12)19(25)22-8-7-16-17(22)15(23)10-26-16/h3-6,11,14,16-17H,7-10H2,1-2H3,(H,21,24)/t14-,16+,17+/m0/s1. The second kappa shape index (κ2) is 7.88. The first-order valence-electron chi connectivity index (χ1n) is 8.88. The zero-order valence-corrected chi connectivity index (χ0v) is 16.5. The van der Waals surface area contributed by atoms with Crippen molar-refractivity contribution in [2.75, 3.05) is 13.2 Å². The Balaban J connectivity index is 1.75. The molecular formula is C19H23BrN2O4. The van der Waals surface area contributed by atoms with E-state index in [4.69, 9.17) is 4.74 Å². The summed E-state index contributed by atoms with van der Waals surface area (Å²) in [4.78, 5) is 39.3. The molecule has 0 saturated carbocycles. The van der Waals surface area contributed by atoms with Gasteiger partial charge in [-0.3, -0.25) is 14.4 Å². The lowest BCUT2D eigenvalue weighted by atomic mass is 10.0. The SMILES string of the molecule is CC(C)C[C@H](NC(=O)c1ccc(Br)cc1)C(=O)N1CC[C@H]2OCC(=O)[C@H]21. The predicted molar refractivity (Wildman–Crippen MR) is 99.7 cm³/mol. The number of amides is 2. The monoisotopic (exact) mass is 422 g/mol. The summed E-state index contributed by atoms with van der Waals surface area (Å²) < 4.78 is 6.34. The van der Waals surface area contributed by atoms with Crippen molar-refractivity contribution >= 4 is 33.5 Å². The van der Waals surface area contributed by atoms with E-state index in [2.05, 4.69) is 21.2 Å². The number of ketones is 1. The number of ether oxygens (including phenoxy) is 1. The van der Waals surface area contributed by atoms with Crippen LogP contribution in [0.5, 0.6) is 0 Å². The molecular weight excluding hydrogens is 400 g/mol. The summed E-state index contributed by atoms with van der Waals surface area (Å²) in [6.07, 6.45) is 0.981. The van der Waals surface area contributed by atoms with Gasteiger partial charge in [0.05, 0.1) is 6.10 Å². The number of fused-ring (bicyclic) bond motifs is 1. The maximum Gasteiger partial charge on any atom is 0.251 e. The molecule has 0 unspecified atom stereocenters. The number of halogens is 1. The molecule has 0 spiro atoms. The molecule has 26 heavy (non-hydrogen) atoms.